The van der Waals surface area contributed by atoms with Crippen molar-refractivity contribution in [3.8, 4) is 0 Å². The van der Waals surface area contributed by atoms with Gasteiger partial charge in [0.15, 0.2) is 0 Å². The van der Waals surface area contributed by atoms with Crippen LogP contribution in [0.15, 0.2) is 0 Å². The molecule has 0 rings (SSSR count). The summed E-state index contributed by atoms with van der Waals surface area (Å²) in [6.07, 6.45) is 2.35. The summed E-state index contributed by atoms with van der Waals surface area (Å²) in [4.78, 5) is 0. The molecule has 0 aromatic heterocycles. The van der Waals surface area contributed by atoms with Crippen LogP contribution in [0.4, 0.5) is 0 Å². The summed E-state index contributed by atoms with van der Waals surface area (Å²) in [6.45, 7) is 6.45. The summed E-state index contributed by atoms with van der Waals surface area (Å²) in [5.41, 5.74) is 0. The van der Waals surface area contributed by atoms with Crippen LogP contribution in [-0.2, 0) is 0 Å². The SMILES string of the molecule is CCCC(O)C(CCO)C(C)C. The molecule has 74 valence electrons. The largest absolute Gasteiger partial charge is 0.396 e. The zero-order valence-electron chi connectivity index (χ0n) is 8.45. The van der Waals surface area contributed by atoms with Gasteiger partial charge < -0.3 is 10.2 Å². The lowest BCUT2D eigenvalue weighted by atomic mass is 9.86. The van der Waals surface area contributed by atoms with Gasteiger partial charge in [-0.15, -0.1) is 0 Å². The lowest BCUT2D eigenvalue weighted by molar-refractivity contribution is 0.0565. The lowest BCUT2D eigenvalue weighted by Gasteiger charge is -2.25. The van der Waals surface area contributed by atoms with Crippen molar-refractivity contribution in [2.24, 2.45) is 11.8 Å². The van der Waals surface area contributed by atoms with Crippen LogP contribution < -0.4 is 0 Å². The number of aliphatic hydroxyl groups is 2. The van der Waals surface area contributed by atoms with E-state index in [4.69, 9.17) is 5.11 Å². The van der Waals surface area contributed by atoms with Crippen molar-refractivity contribution >= 4 is 0 Å². The van der Waals surface area contributed by atoms with E-state index in [1.54, 1.807) is 0 Å². The molecule has 2 N–H and O–H groups in total. The van der Waals surface area contributed by atoms with E-state index in [9.17, 15) is 5.11 Å². The Balaban J connectivity index is 3.90. The van der Waals surface area contributed by atoms with Gasteiger partial charge >= 0.3 is 0 Å². The van der Waals surface area contributed by atoms with Crippen molar-refractivity contribution < 1.29 is 10.2 Å². The third-order valence-electron chi connectivity index (χ3n) is 2.40. The van der Waals surface area contributed by atoms with Crippen molar-refractivity contribution in [3.63, 3.8) is 0 Å². The molecule has 0 bridgehead atoms. The van der Waals surface area contributed by atoms with E-state index in [2.05, 4.69) is 20.8 Å². The van der Waals surface area contributed by atoms with Crippen LogP contribution in [0.1, 0.15) is 40.0 Å². The van der Waals surface area contributed by atoms with E-state index in [1.807, 2.05) is 0 Å². The van der Waals surface area contributed by atoms with Crippen LogP contribution in [0, 0.1) is 11.8 Å². The molecule has 0 radical (unpaired) electrons. The summed E-state index contributed by atoms with van der Waals surface area (Å²) in [7, 11) is 0. The molecule has 2 atom stereocenters. The van der Waals surface area contributed by atoms with Crippen LogP contribution in [0.25, 0.3) is 0 Å². The molecule has 0 amide bonds. The molecule has 0 aliphatic rings. The van der Waals surface area contributed by atoms with E-state index in [0.717, 1.165) is 19.3 Å². The van der Waals surface area contributed by atoms with E-state index in [0.29, 0.717) is 5.92 Å². The normalized spacial score (nSPS) is 16.5. The van der Waals surface area contributed by atoms with Crippen LogP contribution in [-0.4, -0.2) is 22.9 Å². The molecule has 2 unspecified atom stereocenters. The Morgan fingerprint density at radius 3 is 2.08 bits per heavy atom. The second-order valence-electron chi connectivity index (χ2n) is 3.78. The maximum absolute atomic E-state index is 9.70. The monoisotopic (exact) mass is 174 g/mol. The Hall–Kier alpha value is -0.0800. The zero-order valence-corrected chi connectivity index (χ0v) is 8.45. The first-order valence-corrected chi connectivity index (χ1v) is 4.92. The van der Waals surface area contributed by atoms with E-state index in [-0.39, 0.29) is 18.6 Å². The number of hydrogen-bond donors (Lipinski definition) is 2. The highest BCUT2D eigenvalue weighted by Crippen LogP contribution is 2.21. The topological polar surface area (TPSA) is 40.5 Å². The summed E-state index contributed by atoms with van der Waals surface area (Å²) >= 11 is 0. The number of hydrogen-bond acceptors (Lipinski definition) is 2. The maximum Gasteiger partial charge on any atom is 0.0571 e. The van der Waals surface area contributed by atoms with Gasteiger partial charge in [-0.05, 0) is 24.7 Å². The molecule has 0 heterocycles. The minimum atomic E-state index is -0.234. The third-order valence-corrected chi connectivity index (χ3v) is 2.40. The highest BCUT2D eigenvalue weighted by atomic mass is 16.3. The van der Waals surface area contributed by atoms with Gasteiger partial charge in [-0.1, -0.05) is 27.2 Å². The Bertz CT molecular complexity index is 102. The predicted octanol–water partition coefficient (Wildman–Crippen LogP) is 1.80. The molecule has 0 aromatic rings. The number of aliphatic hydroxyl groups excluding tert-OH is 2. The van der Waals surface area contributed by atoms with Crippen molar-refractivity contribution in [2.45, 2.75) is 46.1 Å². The predicted molar refractivity (Wildman–Crippen MR) is 50.9 cm³/mol. The Morgan fingerprint density at radius 2 is 1.75 bits per heavy atom. The first-order valence-electron chi connectivity index (χ1n) is 4.92. The second-order valence-corrected chi connectivity index (χ2v) is 3.78. The summed E-state index contributed by atoms with van der Waals surface area (Å²) in [6, 6.07) is 0. The van der Waals surface area contributed by atoms with Crippen LogP contribution in [0.2, 0.25) is 0 Å². The van der Waals surface area contributed by atoms with Crippen molar-refractivity contribution in [3.05, 3.63) is 0 Å². The van der Waals surface area contributed by atoms with Crippen LogP contribution in [0.3, 0.4) is 0 Å². The Labute approximate surface area is 75.6 Å². The van der Waals surface area contributed by atoms with E-state index < -0.39 is 0 Å². The van der Waals surface area contributed by atoms with Gasteiger partial charge in [0, 0.05) is 6.61 Å². The van der Waals surface area contributed by atoms with Gasteiger partial charge in [0.2, 0.25) is 0 Å². The molecule has 0 fully saturated rings. The van der Waals surface area contributed by atoms with Crippen molar-refractivity contribution in [2.75, 3.05) is 6.61 Å². The molecular formula is C10H22O2. The van der Waals surface area contributed by atoms with Gasteiger partial charge in [0.1, 0.15) is 0 Å². The third kappa shape index (κ3) is 4.07. The molecule has 2 nitrogen and oxygen atoms in total. The van der Waals surface area contributed by atoms with Crippen molar-refractivity contribution in [1.82, 2.24) is 0 Å². The smallest absolute Gasteiger partial charge is 0.0571 e. The molecule has 2 heteroatoms. The molecule has 12 heavy (non-hydrogen) atoms. The number of rotatable bonds is 6. The highest BCUT2D eigenvalue weighted by molar-refractivity contribution is 4.71. The minimum Gasteiger partial charge on any atom is -0.396 e. The molecule has 0 aliphatic heterocycles. The fourth-order valence-corrected chi connectivity index (χ4v) is 1.63. The summed E-state index contributed by atoms with van der Waals surface area (Å²) in [5, 5.41) is 18.5. The summed E-state index contributed by atoms with van der Waals surface area (Å²) < 4.78 is 0. The lowest BCUT2D eigenvalue weighted by Crippen LogP contribution is -2.26. The molecular weight excluding hydrogens is 152 g/mol. The second kappa shape index (κ2) is 6.44. The summed E-state index contributed by atoms with van der Waals surface area (Å²) in [5.74, 6) is 0.716. The Morgan fingerprint density at radius 1 is 1.17 bits per heavy atom. The van der Waals surface area contributed by atoms with E-state index >= 15 is 0 Å². The van der Waals surface area contributed by atoms with Gasteiger partial charge in [0.05, 0.1) is 6.10 Å². The highest BCUT2D eigenvalue weighted by Gasteiger charge is 2.20. The average molecular weight is 174 g/mol. The van der Waals surface area contributed by atoms with Crippen LogP contribution >= 0.6 is 0 Å². The van der Waals surface area contributed by atoms with Gasteiger partial charge in [-0.2, -0.15) is 0 Å². The molecule has 0 saturated carbocycles. The fourth-order valence-electron chi connectivity index (χ4n) is 1.63. The van der Waals surface area contributed by atoms with Crippen molar-refractivity contribution in [1.29, 1.82) is 0 Å². The molecule has 0 spiro atoms. The molecule has 0 aliphatic carbocycles. The Kier molecular flexibility index (Phi) is 6.39. The van der Waals surface area contributed by atoms with Gasteiger partial charge in [0.25, 0.3) is 0 Å². The standard InChI is InChI=1S/C10H22O2/c1-4-5-10(12)9(6-7-11)8(2)3/h8-12H,4-7H2,1-3H3. The fraction of sp³-hybridized carbons (Fsp3) is 1.00. The zero-order chi connectivity index (χ0) is 9.56. The molecule has 0 aromatic carbocycles. The first-order chi connectivity index (χ1) is 5.63. The van der Waals surface area contributed by atoms with E-state index in [1.165, 1.54) is 0 Å². The maximum atomic E-state index is 9.70. The van der Waals surface area contributed by atoms with Gasteiger partial charge in [-0.3, -0.25) is 0 Å². The molecule has 0 saturated heterocycles. The minimum absolute atomic E-state index is 0.184. The first kappa shape index (κ1) is 11.9. The van der Waals surface area contributed by atoms with Crippen LogP contribution in [0.5, 0.6) is 0 Å². The van der Waals surface area contributed by atoms with Gasteiger partial charge in [-0.25, -0.2) is 0 Å². The average Bonchev–Trinajstić information content (AvgIpc) is 1.99. The quantitative estimate of drug-likeness (QED) is 0.644.